The van der Waals surface area contributed by atoms with E-state index < -0.39 is 36.0 Å². The molecule has 0 aliphatic carbocycles. The molecule has 4 unspecified atom stereocenters. The van der Waals surface area contributed by atoms with E-state index in [4.69, 9.17) is 10.0 Å². The molecule has 26 heavy (non-hydrogen) atoms. The van der Waals surface area contributed by atoms with Crippen LogP contribution >= 0.6 is 0 Å². The number of aliphatic hydroxyl groups is 1. The van der Waals surface area contributed by atoms with Crippen molar-refractivity contribution in [2.24, 2.45) is 22.2 Å². The third-order valence-corrected chi connectivity index (χ3v) is 4.25. The van der Waals surface area contributed by atoms with Gasteiger partial charge >= 0.3 is 0 Å². The highest BCUT2D eigenvalue weighted by molar-refractivity contribution is 5.89. The Labute approximate surface area is 154 Å². The van der Waals surface area contributed by atoms with E-state index in [1.807, 2.05) is 41.5 Å². The minimum Gasteiger partial charge on any atom is -0.391 e. The van der Waals surface area contributed by atoms with E-state index in [0.717, 1.165) is 0 Å². The molecule has 0 aromatic carbocycles. The molecule has 4 atom stereocenters. The van der Waals surface area contributed by atoms with Gasteiger partial charge in [0, 0.05) is 6.42 Å². The molecule has 0 radical (unpaired) electrons. The fraction of sp³-hybridized carbons (Fsp3) is 0.824. The van der Waals surface area contributed by atoms with Crippen LogP contribution in [-0.2, 0) is 14.4 Å². The standard InChI is InChI=1S/C17H32N4O5/c1-7-11-18-14(21-26-11)13(17(4,5)6)19-15(23)10(8-9(2)3)12(22)16(24)20-25/h9-10,12-14,21-22,25H,7-8H2,1-6H3,(H,19,23)(H,20,24). The number of aliphatic imine (C=N–C) groups is 1. The number of hydroxylamine groups is 2. The molecule has 0 bridgehead atoms. The number of rotatable bonds is 8. The number of nitrogens with one attached hydrogen (secondary N) is 3. The maximum Gasteiger partial charge on any atom is 0.272 e. The van der Waals surface area contributed by atoms with Gasteiger partial charge < -0.3 is 15.3 Å². The van der Waals surface area contributed by atoms with Crippen molar-refractivity contribution < 1.29 is 24.7 Å². The Bertz CT molecular complexity index is 530. The Balaban J connectivity index is 3.01. The Morgan fingerprint density at radius 3 is 2.35 bits per heavy atom. The van der Waals surface area contributed by atoms with Crippen LogP contribution in [0.1, 0.15) is 54.4 Å². The average Bonchev–Trinajstić information content (AvgIpc) is 3.03. The number of amides is 2. The summed E-state index contributed by atoms with van der Waals surface area (Å²) < 4.78 is 0. The Morgan fingerprint density at radius 2 is 1.92 bits per heavy atom. The zero-order valence-corrected chi connectivity index (χ0v) is 16.4. The molecule has 0 spiro atoms. The van der Waals surface area contributed by atoms with Gasteiger partial charge in [0.05, 0.1) is 12.0 Å². The quantitative estimate of drug-likeness (QED) is 0.315. The average molecular weight is 372 g/mol. The number of aliphatic hydroxyl groups excluding tert-OH is 1. The first-order chi connectivity index (χ1) is 12.0. The van der Waals surface area contributed by atoms with Gasteiger partial charge in [0.1, 0.15) is 6.10 Å². The van der Waals surface area contributed by atoms with Crippen LogP contribution in [-0.4, -0.2) is 46.3 Å². The lowest BCUT2D eigenvalue weighted by Gasteiger charge is -2.35. The fourth-order valence-electron chi connectivity index (χ4n) is 2.81. The fourth-order valence-corrected chi connectivity index (χ4v) is 2.81. The lowest BCUT2D eigenvalue weighted by molar-refractivity contribution is -0.147. The highest BCUT2D eigenvalue weighted by atomic mass is 16.7. The van der Waals surface area contributed by atoms with Crippen molar-refractivity contribution in [1.82, 2.24) is 16.3 Å². The van der Waals surface area contributed by atoms with E-state index >= 15 is 0 Å². The van der Waals surface area contributed by atoms with E-state index in [1.165, 1.54) is 5.48 Å². The molecular weight excluding hydrogens is 340 g/mol. The highest BCUT2D eigenvalue weighted by Gasteiger charge is 2.40. The lowest BCUT2D eigenvalue weighted by atomic mass is 9.83. The molecule has 1 heterocycles. The van der Waals surface area contributed by atoms with Gasteiger partial charge in [0.25, 0.3) is 5.91 Å². The summed E-state index contributed by atoms with van der Waals surface area (Å²) in [5.74, 6) is -1.86. The van der Waals surface area contributed by atoms with Gasteiger partial charge in [0.15, 0.2) is 6.17 Å². The van der Waals surface area contributed by atoms with Crippen LogP contribution in [0, 0.1) is 17.3 Å². The molecule has 5 N–H and O–H groups in total. The molecule has 1 aliphatic rings. The Morgan fingerprint density at radius 1 is 1.31 bits per heavy atom. The largest absolute Gasteiger partial charge is 0.391 e. The van der Waals surface area contributed by atoms with Crippen LogP contribution in [0.3, 0.4) is 0 Å². The zero-order valence-electron chi connectivity index (χ0n) is 16.4. The van der Waals surface area contributed by atoms with E-state index in [0.29, 0.717) is 12.3 Å². The van der Waals surface area contributed by atoms with E-state index in [2.05, 4.69) is 15.8 Å². The highest BCUT2D eigenvalue weighted by Crippen LogP contribution is 2.26. The molecular formula is C17H32N4O5. The summed E-state index contributed by atoms with van der Waals surface area (Å²) in [5, 5.41) is 21.8. The second-order valence-corrected chi connectivity index (χ2v) is 8.05. The van der Waals surface area contributed by atoms with Crippen LogP contribution in [0.25, 0.3) is 0 Å². The van der Waals surface area contributed by atoms with E-state index in [1.54, 1.807) is 0 Å². The summed E-state index contributed by atoms with van der Waals surface area (Å²) in [6.07, 6.45) is -1.21. The molecule has 150 valence electrons. The van der Waals surface area contributed by atoms with E-state index in [9.17, 15) is 14.7 Å². The molecule has 0 saturated heterocycles. The predicted molar refractivity (Wildman–Crippen MR) is 96.0 cm³/mol. The first-order valence-corrected chi connectivity index (χ1v) is 8.92. The van der Waals surface area contributed by atoms with Gasteiger partial charge in [0.2, 0.25) is 11.8 Å². The maximum absolute atomic E-state index is 12.9. The normalized spacial score (nSPS) is 20.8. The predicted octanol–water partition coefficient (Wildman–Crippen LogP) is 0.715. The molecule has 2 amide bonds. The van der Waals surface area contributed by atoms with Gasteiger partial charge in [-0.1, -0.05) is 41.5 Å². The number of nitrogens with zero attached hydrogens (tertiary/aromatic N) is 1. The second kappa shape index (κ2) is 9.29. The van der Waals surface area contributed by atoms with Crippen molar-refractivity contribution in [2.45, 2.75) is 72.7 Å². The number of carbonyl (C=O) groups is 2. The number of carbonyl (C=O) groups excluding carboxylic acids is 2. The summed E-state index contributed by atoms with van der Waals surface area (Å²) in [4.78, 5) is 34.2. The Hall–Kier alpha value is -1.71. The van der Waals surface area contributed by atoms with Gasteiger partial charge in [-0.05, 0) is 17.8 Å². The third kappa shape index (κ3) is 5.93. The number of hydrogen-bond acceptors (Lipinski definition) is 7. The summed E-state index contributed by atoms with van der Waals surface area (Å²) in [5.41, 5.74) is 3.85. The van der Waals surface area contributed by atoms with E-state index in [-0.39, 0.29) is 17.8 Å². The van der Waals surface area contributed by atoms with Crippen molar-refractivity contribution >= 4 is 17.7 Å². The molecule has 9 heteroatoms. The monoisotopic (exact) mass is 372 g/mol. The molecule has 1 aliphatic heterocycles. The van der Waals surface area contributed by atoms with Crippen LogP contribution in [0.2, 0.25) is 0 Å². The molecule has 0 aromatic rings. The van der Waals surface area contributed by atoms with Crippen LogP contribution in [0.5, 0.6) is 0 Å². The molecule has 0 saturated carbocycles. The summed E-state index contributed by atoms with van der Waals surface area (Å²) >= 11 is 0. The lowest BCUT2D eigenvalue weighted by Crippen LogP contribution is -2.57. The van der Waals surface area contributed by atoms with Gasteiger partial charge in [-0.3, -0.25) is 14.8 Å². The summed E-state index contributed by atoms with van der Waals surface area (Å²) in [6, 6.07) is -0.432. The zero-order chi connectivity index (χ0) is 20.1. The topological polar surface area (TPSA) is 132 Å². The third-order valence-electron chi connectivity index (χ3n) is 4.25. The maximum atomic E-state index is 12.9. The van der Waals surface area contributed by atoms with Crippen molar-refractivity contribution in [3.8, 4) is 0 Å². The van der Waals surface area contributed by atoms with Crippen molar-refractivity contribution in [3.63, 3.8) is 0 Å². The van der Waals surface area contributed by atoms with Gasteiger partial charge in [-0.2, -0.15) is 0 Å². The minimum atomic E-state index is -1.65. The van der Waals surface area contributed by atoms with Gasteiger partial charge in [-0.25, -0.2) is 10.5 Å². The van der Waals surface area contributed by atoms with Crippen molar-refractivity contribution in [2.75, 3.05) is 0 Å². The summed E-state index contributed by atoms with van der Waals surface area (Å²) in [7, 11) is 0. The SMILES string of the molecule is CCC1=NC(C(NC(=O)C(CC(C)C)C(O)C(=O)NO)C(C)(C)C)NO1. The second-order valence-electron chi connectivity index (χ2n) is 8.05. The van der Waals surface area contributed by atoms with Crippen LogP contribution in [0.4, 0.5) is 0 Å². The molecule has 0 aromatic heterocycles. The van der Waals surface area contributed by atoms with Crippen LogP contribution < -0.4 is 16.3 Å². The number of hydrogen-bond donors (Lipinski definition) is 5. The Kier molecular flexibility index (Phi) is 7.98. The molecule has 0 fully saturated rings. The van der Waals surface area contributed by atoms with Crippen molar-refractivity contribution in [1.29, 1.82) is 0 Å². The minimum absolute atomic E-state index is 0.0673. The van der Waals surface area contributed by atoms with Crippen LogP contribution in [0.15, 0.2) is 4.99 Å². The first kappa shape index (κ1) is 22.3. The first-order valence-electron chi connectivity index (χ1n) is 8.92. The molecule has 9 nitrogen and oxygen atoms in total. The molecule has 1 rings (SSSR count). The summed E-state index contributed by atoms with van der Waals surface area (Å²) in [6.45, 7) is 11.5. The van der Waals surface area contributed by atoms with Crippen molar-refractivity contribution in [3.05, 3.63) is 0 Å². The van der Waals surface area contributed by atoms with Gasteiger partial charge in [-0.15, -0.1) is 5.48 Å². The smallest absolute Gasteiger partial charge is 0.272 e.